The summed E-state index contributed by atoms with van der Waals surface area (Å²) in [5, 5.41) is 9.24. The highest BCUT2D eigenvalue weighted by Gasteiger charge is 2.25. The molecule has 1 aromatic carbocycles. The third kappa shape index (κ3) is 5.46. The molecule has 1 atom stereocenters. The van der Waals surface area contributed by atoms with Gasteiger partial charge in [-0.3, -0.25) is 4.79 Å². The molecule has 0 bridgehead atoms. The molecule has 0 unspecified atom stereocenters. The molecule has 1 aliphatic rings. The number of hydrogen-bond acceptors (Lipinski definition) is 4. The summed E-state index contributed by atoms with van der Waals surface area (Å²) >= 11 is 0. The van der Waals surface area contributed by atoms with Gasteiger partial charge < -0.3 is 9.64 Å². The zero-order valence-corrected chi connectivity index (χ0v) is 14.8. The third-order valence-electron chi connectivity index (χ3n) is 4.28. The van der Waals surface area contributed by atoms with Gasteiger partial charge in [0.2, 0.25) is 0 Å². The molecule has 0 spiro atoms. The number of amides is 1. The zero-order valence-electron chi connectivity index (χ0n) is 14.8. The van der Waals surface area contributed by atoms with Crippen LogP contribution in [0.2, 0.25) is 0 Å². The summed E-state index contributed by atoms with van der Waals surface area (Å²) in [4.78, 5) is 26.4. The standard InChI is InChI=1S/C20H24N2O3/c1-15-7-9-17(10-8-15)13-18(14-21)20(24)25-16(2)19(23)22-11-5-3-4-6-12-22/h7-10,13,16H,3-6,11-12H2,1-2H3/b18-13+/t16-/m1/s1. The number of nitrogens with zero attached hydrogens (tertiary/aromatic N) is 2. The summed E-state index contributed by atoms with van der Waals surface area (Å²) in [6, 6.07) is 9.31. The predicted octanol–water partition coefficient (Wildman–Crippen LogP) is 3.24. The van der Waals surface area contributed by atoms with E-state index < -0.39 is 12.1 Å². The Balaban J connectivity index is 2.01. The van der Waals surface area contributed by atoms with Crippen molar-refractivity contribution in [3.05, 3.63) is 41.0 Å². The molecule has 1 aromatic rings. The summed E-state index contributed by atoms with van der Waals surface area (Å²) in [5.41, 5.74) is 1.72. The summed E-state index contributed by atoms with van der Waals surface area (Å²) < 4.78 is 5.23. The second-order valence-electron chi connectivity index (χ2n) is 6.37. The van der Waals surface area contributed by atoms with E-state index in [1.807, 2.05) is 37.3 Å². The fourth-order valence-corrected chi connectivity index (χ4v) is 2.79. The Morgan fingerprint density at radius 2 is 1.76 bits per heavy atom. The SMILES string of the molecule is Cc1ccc(/C=C(\C#N)C(=O)O[C@H](C)C(=O)N2CCCCCC2)cc1. The van der Waals surface area contributed by atoms with Crippen molar-refractivity contribution >= 4 is 18.0 Å². The third-order valence-corrected chi connectivity index (χ3v) is 4.28. The van der Waals surface area contributed by atoms with Crippen LogP contribution in [-0.2, 0) is 14.3 Å². The number of aryl methyl sites for hydroxylation is 1. The van der Waals surface area contributed by atoms with E-state index in [0.29, 0.717) is 13.1 Å². The lowest BCUT2D eigenvalue weighted by atomic mass is 10.1. The van der Waals surface area contributed by atoms with Gasteiger partial charge in [-0.1, -0.05) is 42.7 Å². The summed E-state index contributed by atoms with van der Waals surface area (Å²) in [6.45, 7) is 4.92. The minimum atomic E-state index is -0.889. The summed E-state index contributed by atoms with van der Waals surface area (Å²) in [7, 11) is 0. The molecule has 1 heterocycles. The number of hydrogen-bond donors (Lipinski definition) is 0. The number of ether oxygens (including phenoxy) is 1. The molecule has 0 aliphatic carbocycles. The Bertz CT molecular complexity index is 678. The average Bonchev–Trinajstić information content (AvgIpc) is 2.89. The molecule has 0 radical (unpaired) electrons. The maximum atomic E-state index is 12.4. The van der Waals surface area contributed by atoms with Crippen molar-refractivity contribution in [1.29, 1.82) is 5.26 Å². The second kappa shape index (κ2) is 9.03. The van der Waals surface area contributed by atoms with Crippen LogP contribution in [0, 0.1) is 18.3 Å². The first-order valence-corrected chi connectivity index (χ1v) is 8.69. The van der Waals surface area contributed by atoms with Gasteiger partial charge in [0.15, 0.2) is 6.10 Å². The smallest absolute Gasteiger partial charge is 0.349 e. The number of carbonyl (C=O) groups excluding carboxylic acids is 2. The Morgan fingerprint density at radius 3 is 2.32 bits per heavy atom. The predicted molar refractivity (Wildman–Crippen MR) is 95.4 cm³/mol. The van der Waals surface area contributed by atoms with E-state index >= 15 is 0 Å². The second-order valence-corrected chi connectivity index (χ2v) is 6.37. The van der Waals surface area contributed by atoms with Crippen molar-refractivity contribution < 1.29 is 14.3 Å². The lowest BCUT2D eigenvalue weighted by Crippen LogP contribution is -2.40. The first-order valence-electron chi connectivity index (χ1n) is 8.69. The van der Waals surface area contributed by atoms with E-state index in [2.05, 4.69) is 0 Å². The van der Waals surface area contributed by atoms with E-state index in [0.717, 1.165) is 36.8 Å². The molecule has 1 aliphatic heterocycles. The highest BCUT2D eigenvalue weighted by atomic mass is 16.5. The van der Waals surface area contributed by atoms with Gasteiger partial charge in [-0.15, -0.1) is 0 Å². The Labute approximate surface area is 148 Å². The van der Waals surface area contributed by atoms with Crippen LogP contribution in [0.4, 0.5) is 0 Å². The number of esters is 1. The van der Waals surface area contributed by atoms with Crippen molar-refractivity contribution in [2.45, 2.75) is 45.6 Å². The molecular weight excluding hydrogens is 316 g/mol. The fourth-order valence-electron chi connectivity index (χ4n) is 2.79. The van der Waals surface area contributed by atoms with Crippen molar-refractivity contribution in [3.63, 3.8) is 0 Å². The molecule has 25 heavy (non-hydrogen) atoms. The van der Waals surface area contributed by atoms with Crippen molar-refractivity contribution in [3.8, 4) is 6.07 Å². The molecule has 0 aromatic heterocycles. The van der Waals surface area contributed by atoms with E-state index in [1.165, 1.54) is 6.08 Å². The van der Waals surface area contributed by atoms with Crippen molar-refractivity contribution in [2.24, 2.45) is 0 Å². The number of likely N-dealkylation sites (tertiary alicyclic amines) is 1. The quantitative estimate of drug-likeness (QED) is 0.479. The molecule has 0 N–H and O–H groups in total. The zero-order chi connectivity index (χ0) is 18.2. The van der Waals surface area contributed by atoms with Crippen molar-refractivity contribution in [1.82, 2.24) is 4.90 Å². The van der Waals surface area contributed by atoms with Crippen LogP contribution in [0.1, 0.15) is 43.7 Å². The van der Waals surface area contributed by atoms with E-state index in [1.54, 1.807) is 11.8 Å². The lowest BCUT2D eigenvalue weighted by Gasteiger charge is -2.23. The molecule has 1 saturated heterocycles. The fraction of sp³-hybridized carbons (Fsp3) is 0.450. The molecule has 5 heteroatoms. The van der Waals surface area contributed by atoms with Crippen molar-refractivity contribution in [2.75, 3.05) is 13.1 Å². The van der Waals surface area contributed by atoms with Crippen LogP contribution < -0.4 is 0 Å². The van der Waals surface area contributed by atoms with Crippen LogP contribution >= 0.6 is 0 Å². The van der Waals surface area contributed by atoms with Gasteiger partial charge in [0.05, 0.1) is 0 Å². The first kappa shape index (κ1) is 18.7. The molecule has 5 nitrogen and oxygen atoms in total. The number of rotatable bonds is 4. The van der Waals surface area contributed by atoms with Crippen LogP contribution in [0.5, 0.6) is 0 Å². The monoisotopic (exact) mass is 340 g/mol. The molecule has 1 amide bonds. The van der Waals surface area contributed by atoms with Gasteiger partial charge in [-0.25, -0.2) is 4.79 Å². The van der Waals surface area contributed by atoms with E-state index in [9.17, 15) is 14.9 Å². The number of benzene rings is 1. The Morgan fingerprint density at radius 1 is 1.16 bits per heavy atom. The molecule has 2 rings (SSSR count). The van der Waals surface area contributed by atoms with E-state index in [-0.39, 0.29) is 11.5 Å². The molecular formula is C20H24N2O3. The molecule has 132 valence electrons. The van der Waals surface area contributed by atoms with Crippen LogP contribution in [0.3, 0.4) is 0 Å². The van der Waals surface area contributed by atoms with Crippen LogP contribution in [0.25, 0.3) is 6.08 Å². The van der Waals surface area contributed by atoms with Gasteiger partial charge >= 0.3 is 5.97 Å². The minimum Gasteiger partial charge on any atom is -0.448 e. The lowest BCUT2D eigenvalue weighted by molar-refractivity contribution is -0.155. The Hall–Kier alpha value is -2.61. The van der Waals surface area contributed by atoms with E-state index in [4.69, 9.17) is 4.74 Å². The van der Waals surface area contributed by atoms with Gasteiger partial charge in [0.25, 0.3) is 5.91 Å². The van der Waals surface area contributed by atoms with Gasteiger partial charge in [0.1, 0.15) is 11.6 Å². The van der Waals surface area contributed by atoms with Crippen LogP contribution in [-0.4, -0.2) is 36.0 Å². The normalized spacial score (nSPS) is 16.5. The topological polar surface area (TPSA) is 70.4 Å². The van der Waals surface area contributed by atoms with Gasteiger partial charge in [0, 0.05) is 13.1 Å². The summed E-state index contributed by atoms with van der Waals surface area (Å²) in [6.07, 6.45) is 4.78. The minimum absolute atomic E-state index is 0.112. The maximum Gasteiger partial charge on any atom is 0.349 e. The average molecular weight is 340 g/mol. The molecule has 1 fully saturated rings. The summed E-state index contributed by atoms with van der Waals surface area (Å²) in [5.74, 6) is -0.957. The number of nitriles is 1. The van der Waals surface area contributed by atoms with Gasteiger partial charge in [-0.2, -0.15) is 5.26 Å². The largest absolute Gasteiger partial charge is 0.448 e. The van der Waals surface area contributed by atoms with Gasteiger partial charge in [-0.05, 0) is 38.3 Å². The maximum absolute atomic E-state index is 12.4. The molecule has 0 saturated carbocycles. The highest BCUT2D eigenvalue weighted by Crippen LogP contribution is 2.14. The Kier molecular flexibility index (Phi) is 6.76. The number of carbonyl (C=O) groups is 2. The first-order chi connectivity index (χ1) is 12.0. The highest BCUT2D eigenvalue weighted by molar-refractivity contribution is 5.99. The van der Waals surface area contributed by atoms with Crippen LogP contribution in [0.15, 0.2) is 29.8 Å².